The van der Waals surface area contributed by atoms with Crippen LogP contribution in [0.3, 0.4) is 0 Å². The van der Waals surface area contributed by atoms with Gasteiger partial charge >= 0.3 is 12.1 Å². The summed E-state index contributed by atoms with van der Waals surface area (Å²) in [6.45, 7) is 4.56. The summed E-state index contributed by atoms with van der Waals surface area (Å²) in [7, 11) is 0. The van der Waals surface area contributed by atoms with Crippen LogP contribution in [0.5, 0.6) is 5.75 Å². The van der Waals surface area contributed by atoms with Crippen molar-refractivity contribution in [3.8, 4) is 5.75 Å². The quantitative estimate of drug-likeness (QED) is 0.223. The zero-order valence-corrected chi connectivity index (χ0v) is 11.3. The van der Waals surface area contributed by atoms with Gasteiger partial charge in [-0.05, 0) is 25.1 Å². The SMILES string of the molecule is C=C(C)C(=O)Oc1ccc(C(/C=N\O)=N/O)cc1C(F)(F)F. The Morgan fingerprint density at radius 2 is 2.00 bits per heavy atom. The maximum atomic E-state index is 13.0. The average molecular weight is 316 g/mol. The number of ether oxygens (including phenoxy) is 1. The van der Waals surface area contributed by atoms with Crippen molar-refractivity contribution >= 4 is 17.9 Å². The summed E-state index contributed by atoms with van der Waals surface area (Å²) in [6.07, 6.45) is -4.17. The maximum Gasteiger partial charge on any atom is 0.420 e. The van der Waals surface area contributed by atoms with Crippen molar-refractivity contribution < 1.29 is 33.1 Å². The Morgan fingerprint density at radius 3 is 2.45 bits per heavy atom. The van der Waals surface area contributed by atoms with Gasteiger partial charge in [-0.3, -0.25) is 0 Å². The maximum absolute atomic E-state index is 13.0. The molecule has 0 saturated carbocycles. The highest BCUT2D eigenvalue weighted by atomic mass is 19.4. The highest BCUT2D eigenvalue weighted by Gasteiger charge is 2.35. The van der Waals surface area contributed by atoms with Gasteiger partial charge in [0.1, 0.15) is 11.5 Å². The Kier molecular flexibility index (Phi) is 5.28. The van der Waals surface area contributed by atoms with Gasteiger partial charge in [-0.1, -0.05) is 16.9 Å². The Morgan fingerprint density at radius 1 is 1.36 bits per heavy atom. The molecule has 0 aliphatic heterocycles. The van der Waals surface area contributed by atoms with Crippen molar-refractivity contribution in [1.29, 1.82) is 0 Å². The van der Waals surface area contributed by atoms with Crippen molar-refractivity contribution in [2.45, 2.75) is 13.1 Å². The zero-order chi connectivity index (χ0) is 16.9. The molecule has 0 aliphatic rings. The van der Waals surface area contributed by atoms with E-state index in [-0.39, 0.29) is 11.1 Å². The van der Waals surface area contributed by atoms with Crippen molar-refractivity contribution in [2.75, 3.05) is 0 Å². The van der Waals surface area contributed by atoms with Crippen LogP contribution >= 0.6 is 0 Å². The third-order valence-electron chi connectivity index (χ3n) is 2.42. The minimum atomic E-state index is -4.82. The van der Waals surface area contributed by atoms with Gasteiger partial charge in [-0.25, -0.2) is 4.79 Å². The molecule has 0 spiro atoms. The lowest BCUT2D eigenvalue weighted by molar-refractivity contribution is -0.141. The molecular formula is C13H11F3N2O4. The van der Waals surface area contributed by atoms with E-state index in [9.17, 15) is 18.0 Å². The van der Waals surface area contributed by atoms with Crippen LogP contribution in [0.15, 0.2) is 40.7 Å². The number of carbonyl (C=O) groups excluding carboxylic acids is 1. The first-order valence-corrected chi connectivity index (χ1v) is 5.69. The fraction of sp³-hybridized carbons (Fsp3) is 0.154. The van der Waals surface area contributed by atoms with E-state index in [0.717, 1.165) is 12.1 Å². The second-order valence-electron chi connectivity index (χ2n) is 4.11. The molecule has 0 atom stereocenters. The molecule has 0 amide bonds. The highest BCUT2D eigenvalue weighted by molar-refractivity contribution is 6.37. The molecule has 118 valence electrons. The molecule has 0 bridgehead atoms. The van der Waals surface area contributed by atoms with Crippen molar-refractivity contribution in [1.82, 2.24) is 0 Å². The van der Waals surface area contributed by atoms with E-state index in [4.69, 9.17) is 10.4 Å². The molecule has 1 rings (SSSR count). The summed E-state index contributed by atoms with van der Waals surface area (Å²) >= 11 is 0. The van der Waals surface area contributed by atoms with E-state index >= 15 is 0 Å². The Bertz CT molecular complexity index is 651. The van der Waals surface area contributed by atoms with Crippen LogP contribution in [0.2, 0.25) is 0 Å². The number of esters is 1. The number of hydrogen-bond donors (Lipinski definition) is 2. The lowest BCUT2D eigenvalue weighted by Crippen LogP contribution is -2.15. The van der Waals surface area contributed by atoms with Crippen LogP contribution in [-0.4, -0.2) is 28.3 Å². The van der Waals surface area contributed by atoms with Gasteiger partial charge in [0.2, 0.25) is 0 Å². The number of alkyl halides is 3. The lowest BCUT2D eigenvalue weighted by Gasteiger charge is -2.14. The lowest BCUT2D eigenvalue weighted by atomic mass is 10.1. The Balaban J connectivity index is 3.37. The Labute approximate surface area is 122 Å². The van der Waals surface area contributed by atoms with Gasteiger partial charge in [0.05, 0.1) is 11.8 Å². The summed E-state index contributed by atoms with van der Waals surface area (Å²) in [5.74, 6) is -1.73. The smallest absolute Gasteiger partial charge is 0.420 e. The predicted octanol–water partition coefficient (Wildman–Crippen LogP) is 2.83. The van der Waals surface area contributed by atoms with Gasteiger partial charge in [-0.2, -0.15) is 13.2 Å². The number of oxime groups is 2. The Hall–Kier alpha value is -2.84. The van der Waals surface area contributed by atoms with Crippen molar-refractivity contribution in [3.63, 3.8) is 0 Å². The van der Waals surface area contributed by atoms with E-state index in [2.05, 4.69) is 21.6 Å². The molecule has 6 nitrogen and oxygen atoms in total. The normalized spacial score (nSPS) is 12.5. The highest BCUT2D eigenvalue weighted by Crippen LogP contribution is 2.37. The molecule has 9 heteroatoms. The first-order chi connectivity index (χ1) is 10.2. The van der Waals surface area contributed by atoms with E-state index in [1.54, 1.807) is 0 Å². The number of halogens is 3. The number of carbonyl (C=O) groups is 1. The average Bonchev–Trinajstić information content (AvgIpc) is 2.44. The third kappa shape index (κ3) is 4.08. The van der Waals surface area contributed by atoms with Gasteiger partial charge in [0.15, 0.2) is 0 Å². The van der Waals surface area contributed by atoms with E-state index in [1.165, 1.54) is 6.92 Å². The predicted molar refractivity (Wildman–Crippen MR) is 70.5 cm³/mol. The van der Waals surface area contributed by atoms with Crippen molar-refractivity contribution in [2.24, 2.45) is 10.3 Å². The first kappa shape index (κ1) is 17.2. The van der Waals surface area contributed by atoms with Gasteiger partial charge < -0.3 is 15.2 Å². The summed E-state index contributed by atoms with van der Waals surface area (Å²) in [5.41, 5.74) is -1.93. The van der Waals surface area contributed by atoms with Crippen LogP contribution in [0, 0.1) is 0 Å². The summed E-state index contributed by atoms with van der Waals surface area (Å²) < 4.78 is 43.7. The number of hydrogen-bond acceptors (Lipinski definition) is 6. The molecule has 0 heterocycles. The van der Waals surface area contributed by atoms with E-state index in [0.29, 0.717) is 12.3 Å². The van der Waals surface area contributed by atoms with Crippen LogP contribution < -0.4 is 4.74 Å². The minimum absolute atomic E-state index is 0.0674. The topological polar surface area (TPSA) is 91.5 Å². The molecule has 1 aromatic carbocycles. The summed E-state index contributed by atoms with van der Waals surface area (Å²) in [4.78, 5) is 11.4. The third-order valence-corrected chi connectivity index (χ3v) is 2.42. The minimum Gasteiger partial charge on any atom is -0.423 e. The fourth-order valence-electron chi connectivity index (χ4n) is 1.40. The molecule has 0 saturated heterocycles. The fourth-order valence-corrected chi connectivity index (χ4v) is 1.40. The molecule has 0 unspecified atom stereocenters. The molecule has 0 radical (unpaired) electrons. The van der Waals surface area contributed by atoms with Gasteiger partial charge in [0.25, 0.3) is 0 Å². The van der Waals surface area contributed by atoms with Gasteiger partial charge in [0, 0.05) is 11.1 Å². The molecular weight excluding hydrogens is 305 g/mol. The number of rotatable bonds is 4. The second kappa shape index (κ2) is 6.74. The molecule has 22 heavy (non-hydrogen) atoms. The van der Waals surface area contributed by atoms with Crippen LogP contribution in [0.1, 0.15) is 18.1 Å². The van der Waals surface area contributed by atoms with Crippen LogP contribution in [-0.2, 0) is 11.0 Å². The summed E-state index contributed by atoms with van der Waals surface area (Å²) in [5, 5.41) is 22.4. The monoisotopic (exact) mass is 316 g/mol. The van der Waals surface area contributed by atoms with Crippen LogP contribution in [0.25, 0.3) is 0 Å². The number of benzene rings is 1. The molecule has 2 N–H and O–H groups in total. The van der Waals surface area contributed by atoms with Gasteiger partial charge in [-0.15, -0.1) is 0 Å². The van der Waals surface area contributed by atoms with Crippen LogP contribution in [0.4, 0.5) is 13.2 Å². The standard InChI is InChI=1S/C13H11F3N2O4/c1-7(2)12(19)22-11-4-3-8(10(18-21)6-17-20)5-9(11)13(14,15)16/h3-6,20-21H,1H2,2H3/b17-6-,18-10+. The van der Waals surface area contributed by atoms with Crippen molar-refractivity contribution in [3.05, 3.63) is 41.5 Å². The molecule has 0 aromatic heterocycles. The largest absolute Gasteiger partial charge is 0.423 e. The first-order valence-electron chi connectivity index (χ1n) is 5.69. The second-order valence-corrected chi connectivity index (χ2v) is 4.11. The van der Waals surface area contributed by atoms with E-state index < -0.39 is 29.2 Å². The number of nitrogens with zero attached hydrogens (tertiary/aromatic N) is 2. The molecule has 0 fully saturated rings. The summed E-state index contributed by atoms with van der Waals surface area (Å²) in [6, 6.07) is 2.58. The molecule has 1 aromatic rings. The zero-order valence-electron chi connectivity index (χ0n) is 11.3. The van der Waals surface area contributed by atoms with E-state index in [1.807, 2.05) is 0 Å². The molecule has 0 aliphatic carbocycles.